The van der Waals surface area contributed by atoms with E-state index in [1.165, 1.54) is 29.8 Å². The van der Waals surface area contributed by atoms with Crippen molar-refractivity contribution in [2.45, 2.75) is 40.3 Å². The minimum atomic E-state index is -3.61. The summed E-state index contributed by atoms with van der Waals surface area (Å²) >= 11 is 0. The van der Waals surface area contributed by atoms with Gasteiger partial charge in [-0.25, -0.2) is 12.8 Å². The second-order valence-corrected chi connectivity index (χ2v) is 9.22. The highest BCUT2D eigenvalue weighted by molar-refractivity contribution is 7.88. The highest BCUT2D eigenvalue weighted by atomic mass is 32.2. The molecule has 0 spiro atoms. The van der Waals surface area contributed by atoms with E-state index in [4.69, 9.17) is 0 Å². The molecule has 0 unspecified atom stereocenters. The average molecular weight is 407 g/mol. The van der Waals surface area contributed by atoms with Gasteiger partial charge in [0.25, 0.3) is 0 Å². The molecule has 2 aromatic carbocycles. The number of carbonyl (C=O) groups is 1. The number of carbonyl (C=O) groups excluding carboxylic acids is 1. The lowest BCUT2D eigenvalue weighted by Gasteiger charge is -2.22. The number of aryl methyl sites for hydroxylation is 3. The Kier molecular flexibility index (Phi) is 6.96. The van der Waals surface area contributed by atoms with Gasteiger partial charge in [-0.05, 0) is 67.6 Å². The van der Waals surface area contributed by atoms with Crippen LogP contribution in [0.4, 0.5) is 4.39 Å². The van der Waals surface area contributed by atoms with Gasteiger partial charge in [-0.3, -0.25) is 4.79 Å². The lowest BCUT2D eigenvalue weighted by molar-refractivity contribution is -0.122. The van der Waals surface area contributed by atoms with Gasteiger partial charge in [-0.1, -0.05) is 24.3 Å². The SMILES string of the molecule is Cc1cc(C)c([C@H](C)NC(=O)CN(Cc2ccc(F)cc2)S(C)(=O)=O)cc1C. The summed E-state index contributed by atoms with van der Waals surface area (Å²) in [7, 11) is -3.61. The molecule has 0 radical (unpaired) electrons. The van der Waals surface area contributed by atoms with Crippen LogP contribution in [-0.4, -0.2) is 31.4 Å². The fourth-order valence-corrected chi connectivity index (χ4v) is 3.79. The Morgan fingerprint density at radius 1 is 1.07 bits per heavy atom. The van der Waals surface area contributed by atoms with E-state index in [1.54, 1.807) is 0 Å². The van der Waals surface area contributed by atoms with Gasteiger partial charge in [0.05, 0.1) is 18.8 Å². The molecule has 0 saturated carbocycles. The molecule has 0 aromatic heterocycles. The lowest BCUT2D eigenvalue weighted by Crippen LogP contribution is -2.40. The van der Waals surface area contributed by atoms with Gasteiger partial charge < -0.3 is 5.32 Å². The summed E-state index contributed by atoms with van der Waals surface area (Å²) in [5.74, 6) is -0.789. The average Bonchev–Trinajstić information content (AvgIpc) is 2.58. The van der Waals surface area contributed by atoms with Crippen LogP contribution in [0.15, 0.2) is 36.4 Å². The third kappa shape index (κ3) is 5.87. The summed E-state index contributed by atoms with van der Waals surface area (Å²) in [6.45, 7) is 7.62. The van der Waals surface area contributed by atoms with Crippen LogP contribution in [-0.2, 0) is 21.4 Å². The van der Waals surface area contributed by atoms with E-state index in [0.717, 1.165) is 27.3 Å². The Bertz CT molecular complexity index is 956. The van der Waals surface area contributed by atoms with E-state index in [-0.39, 0.29) is 19.1 Å². The topological polar surface area (TPSA) is 66.5 Å². The number of sulfonamides is 1. The molecule has 1 atom stereocenters. The van der Waals surface area contributed by atoms with Crippen LogP contribution < -0.4 is 5.32 Å². The fraction of sp³-hybridized carbons (Fsp3) is 0.381. The molecule has 1 N–H and O–H groups in total. The Morgan fingerprint density at radius 2 is 1.64 bits per heavy atom. The summed E-state index contributed by atoms with van der Waals surface area (Å²) in [4.78, 5) is 12.5. The van der Waals surface area contributed by atoms with Crippen molar-refractivity contribution in [3.63, 3.8) is 0 Å². The van der Waals surface area contributed by atoms with Gasteiger partial charge in [0.2, 0.25) is 15.9 Å². The molecule has 152 valence electrons. The van der Waals surface area contributed by atoms with Gasteiger partial charge >= 0.3 is 0 Å². The van der Waals surface area contributed by atoms with Crippen molar-refractivity contribution in [3.8, 4) is 0 Å². The second-order valence-electron chi connectivity index (χ2n) is 7.24. The standard InChI is InChI=1S/C21H27FN2O3S/c1-14-10-16(3)20(11-15(14)2)17(4)23-21(25)13-24(28(5,26)27)12-18-6-8-19(22)9-7-18/h6-11,17H,12-13H2,1-5H3,(H,23,25)/t17-/m0/s1. The van der Waals surface area contributed by atoms with Crippen molar-refractivity contribution in [1.82, 2.24) is 9.62 Å². The number of nitrogens with zero attached hydrogens (tertiary/aromatic N) is 1. The third-order valence-corrected chi connectivity index (χ3v) is 5.98. The zero-order chi connectivity index (χ0) is 21.1. The van der Waals surface area contributed by atoms with E-state index < -0.39 is 21.7 Å². The zero-order valence-corrected chi connectivity index (χ0v) is 17.7. The molecule has 0 aliphatic carbocycles. The number of amides is 1. The minimum Gasteiger partial charge on any atom is -0.348 e. The van der Waals surface area contributed by atoms with Gasteiger partial charge in [-0.2, -0.15) is 4.31 Å². The highest BCUT2D eigenvalue weighted by Crippen LogP contribution is 2.21. The first-order chi connectivity index (χ1) is 13.0. The van der Waals surface area contributed by atoms with Crippen LogP contribution in [0.1, 0.15) is 40.8 Å². The Morgan fingerprint density at radius 3 is 2.21 bits per heavy atom. The van der Waals surface area contributed by atoms with E-state index >= 15 is 0 Å². The summed E-state index contributed by atoms with van der Waals surface area (Å²) in [6, 6.07) is 9.41. The molecule has 2 aromatic rings. The highest BCUT2D eigenvalue weighted by Gasteiger charge is 2.22. The molecule has 1 amide bonds. The molecule has 0 aliphatic heterocycles. The maximum Gasteiger partial charge on any atom is 0.235 e. The number of hydrogen-bond donors (Lipinski definition) is 1. The molecule has 0 bridgehead atoms. The summed E-state index contributed by atoms with van der Waals surface area (Å²) in [5.41, 5.74) is 5.00. The number of nitrogens with one attached hydrogen (secondary N) is 1. The summed E-state index contributed by atoms with van der Waals surface area (Å²) in [5, 5.41) is 2.88. The quantitative estimate of drug-likeness (QED) is 0.766. The molecule has 0 heterocycles. The fourth-order valence-electron chi connectivity index (χ4n) is 3.06. The van der Waals surface area contributed by atoms with Crippen molar-refractivity contribution in [2.75, 3.05) is 12.8 Å². The second kappa shape index (κ2) is 8.84. The molecule has 0 fully saturated rings. The van der Waals surface area contributed by atoms with E-state index in [0.29, 0.717) is 5.56 Å². The van der Waals surface area contributed by atoms with E-state index in [9.17, 15) is 17.6 Å². The molecule has 0 saturated heterocycles. The van der Waals surface area contributed by atoms with Crippen LogP contribution >= 0.6 is 0 Å². The lowest BCUT2D eigenvalue weighted by atomic mass is 9.96. The normalized spacial score (nSPS) is 12.8. The van der Waals surface area contributed by atoms with Gasteiger partial charge in [-0.15, -0.1) is 0 Å². The zero-order valence-electron chi connectivity index (χ0n) is 16.9. The predicted octanol–water partition coefficient (Wildman–Crippen LogP) is 3.39. The van der Waals surface area contributed by atoms with Crippen LogP contribution in [0.5, 0.6) is 0 Å². The minimum absolute atomic E-state index is 0.00355. The molecular weight excluding hydrogens is 379 g/mol. The Hall–Kier alpha value is -2.25. The van der Waals surface area contributed by atoms with E-state index in [1.807, 2.05) is 33.8 Å². The van der Waals surface area contributed by atoms with Crippen molar-refractivity contribution in [3.05, 3.63) is 70.0 Å². The van der Waals surface area contributed by atoms with Crippen LogP contribution in [0, 0.1) is 26.6 Å². The monoisotopic (exact) mass is 406 g/mol. The Labute approximate surface area is 166 Å². The molecule has 28 heavy (non-hydrogen) atoms. The number of halogens is 1. The van der Waals surface area contributed by atoms with Crippen molar-refractivity contribution in [2.24, 2.45) is 0 Å². The van der Waals surface area contributed by atoms with Crippen LogP contribution in [0.3, 0.4) is 0 Å². The van der Waals surface area contributed by atoms with Gasteiger partial charge in [0, 0.05) is 6.54 Å². The number of benzene rings is 2. The largest absolute Gasteiger partial charge is 0.348 e. The maximum atomic E-state index is 13.1. The number of hydrogen-bond acceptors (Lipinski definition) is 3. The first kappa shape index (κ1) is 22.0. The number of rotatable bonds is 7. The maximum absolute atomic E-state index is 13.1. The molecule has 7 heteroatoms. The van der Waals surface area contributed by atoms with Crippen LogP contribution in [0.25, 0.3) is 0 Å². The summed E-state index contributed by atoms with van der Waals surface area (Å²) < 4.78 is 38.3. The molecule has 5 nitrogen and oxygen atoms in total. The Balaban J connectivity index is 2.11. The third-order valence-electron chi connectivity index (χ3n) is 4.79. The first-order valence-electron chi connectivity index (χ1n) is 9.04. The van der Waals surface area contributed by atoms with E-state index in [2.05, 4.69) is 11.4 Å². The van der Waals surface area contributed by atoms with Crippen molar-refractivity contribution in [1.29, 1.82) is 0 Å². The molecular formula is C21H27FN2O3S. The smallest absolute Gasteiger partial charge is 0.235 e. The summed E-state index contributed by atoms with van der Waals surface area (Å²) in [6.07, 6.45) is 1.06. The van der Waals surface area contributed by atoms with Gasteiger partial charge in [0.15, 0.2) is 0 Å². The van der Waals surface area contributed by atoms with Crippen LogP contribution in [0.2, 0.25) is 0 Å². The molecule has 0 aliphatic rings. The predicted molar refractivity (Wildman–Crippen MR) is 109 cm³/mol. The van der Waals surface area contributed by atoms with Gasteiger partial charge in [0.1, 0.15) is 5.82 Å². The first-order valence-corrected chi connectivity index (χ1v) is 10.9. The molecule has 2 rings (SSSR count). The van der Waals surface area contributed by atoms with Crippen molar-refractivity contribution >= 4 is 15.9 Å². The van der Waals surface area contributed by atoms with Crippen molar-refractivity contribution < 1.29 is 17.6 Å².